The maximum Gasteiger partial charge on any atom is 0.394 e. The SMILES string of the molecule is CCN(CC)C(=S)SC(=S)N(CC)CC.C[C@H]1C[C@H]2[C@@H]3CCC4=CC(=O)C=C[C@]4(C)[C@@]3(F)[C@@H](O)C[C@]2(C)[C@@]1(O)C(=O)CO.NC[C@@H]1O[C@H](O[C@H]2[C@@H](O)[C@H](O[C@@H]3[C@@H](O)[C@H](N)C[C@H](N)[C@H]3O[C@H]3O[C@H](CN)[C@@H](O)[C@H](O)[C@H]3N)O[C@@H]2CO)[C@H](N)[C@@H](O)[C@@H]1O.O=S(=O)(O)O. The molecule has 4 saturated carbocycles. The van der Waals surface area contributed by atoms with Gasteiger partial charge in [-0.15, -0.1) is 0 Å². The van der Waals surface area contributed by atoms with Crippen LogP contribution in [0.25, 0.3) is 0 Å². The Morgan fingerprint density at radius 1 is 0.722 bits per heavy atom. The minimum Gasteiger partial charge on any atom is -0.394 e. The molecule has 0 bridgehead atoms. The van der Waals surface area contributed by atoms with E-state index in [4.69, 9.17) is 105 Å². The van der Waals surface area contributed by atoms with Gasteiger partial charge in [0.25, 0.3) is 0 Å². The van der Waals surface area contributed by atoms with Crippen molar-refractivity contribution < 1.29 is 111 Å². The number of nitrogens with zero attached hydrogens (tertiary/aromatic N) is 2. The molecule has 520 valence electrons. The average molecular weight is 1370 g/mol. The van der Waals surface area contributed by atoms with E-state index in [1.165, 1.54) is 23.9 Å². The topological polar surface area (TPSA) is 529 Å². The molecule has 8 rings (SSSR count). The molecule has 5 aliphatic carbocycles. The number of nitrogens with two attached hydrogens (primary N) is 6. The minimum atomic E-state index is -4.67. The molecule has 0 aromatic rings. The second-order valence-corrected chi connectivity index (χ2v) is 27.6. The van der Waals surface area contributed by atoms with E-state index in [0.29, 0.717) is 24.8 Å². The quantitative estimate of drug-likeness (QED) is 0.0541. The van der Waals surface area contributed by atoms with Gasteiger partial charge < -0.3 is 124 Å². The van der Waals surface area contributed by atoms with E-state index in [0.717, 1.165) is 34.8 Å². The van der Waals surface area contributed by atoms with Crippen LogP contribution in [-0.4, -0.2) is 285 Å². The molecule has 3 heterocycles. The standard InChI is InChI=1S/C23H46N6O13.C22H29FO5.C10H20N2S3.H2O4S/c24-2-7-13(32)15(34)10(28)21(37-7)40-18-6(27)1-5(26)12(31)20(18)42-23-17(36)19(9(4-30)39-23)41-22-11(29)16(35)14(33)8(3-25)38-22;1-12-8-16-15-5-4-13-9-14(25)6-7-19(13,2)21(15,23)17(26)10-20(16,3)22(12,28)18(27)11-24;1-5-11(6-2)9(13)15-10(14)12(7-3)8-4;1-5(2,3)4/h5-23,30-36H,1-4,24-29H2;6-7,9,12,15-17,24,26,28H,4-5,8,10-11H2,1-3H3;5-8H2,1-4H3;(H2,1,2,3,4)/t5-,6+,7-,8+,9-,10-,11-,12+,13-,14-,15-,16-,17-,18-,19-,20-,21-,22-,23+;12-,15-,16-,17-,19-,20-,21-,22-;;/m10../s1. The van der Waals surface area contributed by atoms with Crippen molar-refractivity contribution in [1.82, 2.24) is 9.80 Å². The summed E-state index contributed by atoms with van der Waals surface area (Å²) in [5.74, 6) is -2.12. The number of hydrogen-bond donors (Lipinski definition) is 18. The van der Waals surface area contributed by atoms with Crippen molar-refractivity contribution in [2.24, 2.45) is 63.0 Å². The number of ether oxygens (including phenoxy) is 6. The first kappa shape index (κ1) is 78.6. The van der Waals surface area contributed by atoms with Gasteiger partial charge in [-0.3, -0.25) is 18.7 Å². The van der Waals surface area contributed by atoms with Gasteiger partial charge in [0, 0.05) is 68.1 Å². The van der Waals surface area contributed by atoms with Gasteiger partial charge in [-0.05, 0) is 102 Å². The van der Waals surface area contributed by atoms with Gasteiger partial charge in [-0.1, -0.05) is 49.9 Å². The van der Waals surface area contributed by atoms with Crippen molar-refractivity contribution in [2.75, 3.05) is 52.5 Å². The van der Waals surface area contributed by atoms with E-state index < -0.39 is 186 Å². The molecule has 0 amide bonds. The van der Waals surface area contributed by atoms with Crippen LogP contribution in [0.3, 0.4) is 0 Å². The molecule has 30 nitrogen and oxygen atoms in total. The Morgan fingerprint density at radius 3 is 1.64 bits per heavy atom. The monoisotopic (exact) mass is 1370 g/mol. The molecular weight excluding hydrogens is 1270 g/mol. The van der Waals surface area contributed by atoms with Crippen molar-refractivity contribution in [2.45, 2.75) is 214 Å². The van der Waals surface area contributed by atoms with Crippen LogP contribution in [0.4, 0.5) is 4.39 Å². The van der Waals surface area contributed by atoms with Gasteiger partial charge in [0.2, 0.25) is 0 Å². The maximum atomic E-state index is 16.9. The lowest BCUT2D eigenvalue weighted by Crippen LogP contribution is -2.69. The molecule has 0 spiro atoms. The number of aliphatic hydroxyl groups excluding tert-OH is 9. The van der Waals surface area contributed by atoms with Crippen LogP contribution in [0.2, 0.25) is 0 Å². The molecule has 7 fully saturated rings. The second kappa shape index (κ2) is 32.3. The highest BCUT2D eigenvalue weighted by atomic mass is 32.3. The molecule has 27 atom stereocenters. The maximum absolute atomic E-state index is 16.9. The summed E-state index contributed by atoms with van der Waals surface area (Å²) >= 11 is 12.2. The fraction of sp³-hybridized carbons (Fsp3) is 0.855. The first-order valence-corrected chi connectivity index (χ1v) is 33.1. The summed E-state index contributed by atoms with van der Waals surface area (Å²) in [4.78, 5) is 28.7. The number of alkyl halides is 1. The lowest BCUT2D eigenvalue weighted by atomic mass is 9.44. The Bertz CT molecular complexity index is 2580. The number of fused-ring (bicyclic) bond motifs is 5. The predicted octanol–water partition coefficient (Wildman–Crippen LogP) is -4.68. The molecular formula is C55H97FN8O22S4. The van der Waals surface area contributed by atoms with Crippen molar-refractivity contribution in [3.05, 3.63) is 23.8 Å². The fourth-order valence-corrected chi connectivity index (χ4v) is 16.2. The summed E-state index contributed by atoms with van der Waals surface area (Å²) in [5, 5.41) is 105. The Balaban J connectivity index is 0.000000262. The molecule has 3 aliphatic heterocycles. The lowest BCUT2D eigenvalue weighted by molar-refractivity contribution is -0.306. The third-order valence-electron chi connectivity index (χ3n) is 19.4. The number of carbonyl (C=O) groups excluding carboxylic acids is 2. The van der Waals surface area contributed by atoms with Crippen LogP contribution in [0.1, 0.15) is 80.6 Å². The molecule has 0 radical (unpaired) electrons. The smallest absolute Gasteiger partial charge is 0.394 e. The number of ketones is 2. The molecule has 0 aromatic carbocycles. The summed E-state index contributed by atoms with van der Waals surface area (Å²) < 4.78 is 84.9. The van der Waals surface area contributed by atoms with Crippen molar-refractivity contribution in [3.8, 4) is 0 Å². The van der Waals surface area contributed by atoms with E-state index in [-0.39, 0.29) is 37.6 Å². The van der Waals surface area contributed by atoms with E-state index in [2.05, 4.69) is 37.5 Å². The van der Waals surface area contributed by atoms with Crippen molar-refractivity contribution in [3.63, 3.8) is 0 Å². The third-order valence-corrected chi connectivity index (χ3v) is 21.3. The van der Waals surface area contributed by atoms with E-state index >= 15 is 4.39 Å². The van der Waals surface area contributed by atoms with E-state index in [1.54, 1.807) is 26.8 Å². The zero-order valence-electron chi connectivity index (χ0n) is 51.5. The summed E-state index contributed by atoms with van der Waals surface area (Å²) in [7, 11) is -4.67. The zero-order chi connectivity index (χ0) is 68.1. The van der Waals surface area contributed by atoms with Crippen LogP contribution in [0, 0.1) is 28.6 Å². The van der Waals surface area contributed by atoms with Gasteiger partial charge in [-0.2, -0.15) is 8.42 Å². The van der Waals surface area contributed by atoms with Crippen LogP contribution in [-0.2, 0) is 48.4 Å². The Labute approximate surface area is 538 Å². The Kier molecular flexibility index (Phi) is 28.2. The number of rotatable bonds is 15. The first-order valence-electron chi connectivity index (χ1n) is 30.1. The van der Waals surface area contributed by atoms with Crippen LogP contribution < -0.4 is 34.4 Å². The van der Waals surface area contributed by atoms with Crippen LogP contribution in [0.5, 0.6) is 0 Å². The number of thioether (sulfide) groups is 1. The second-order valence-electron chi connectivity index (χ2n) is 24.4. The number of carbonyl (C=O) groups is 2. The number of hydrogen-bond acceptors (Lipinski definition) is 29. The summed E-state index contributed by atoms with van der Waals surface area (Å²) in [6.07, 6.45) is -15.3. The summed E-state index contributed by atoms with van der Waals surface area (Å²) in [6, 6.07) is -4.18. The molecule has 8 aliphatic rings. The van der Waals surface area contributed by atoms with Gasteiger partial charge in [-0.25, -0.2) is 4.39 Å². The molecule has 24 N–H and O–H groups in total. The Hall–Kier alpha value is -2.13. The molecule has 3 saturated heterocycles. The largest absolute Gasteiger partial charge is 0.394 e. The van der Waals surface area contributed by atoms with Gasteiger partial charge in [0.1, 0.15) is 88.0 Å². The zero-order valence-corrected chi connectivity index (χ0v) is 54.8. The highest BCUT2D eigenvalue weighted by Gasteiger charge is 2.75. The van der Waals surface area contributed by atoms with E-state index in [9.17, 15) is 60.7 Å². The van der Waals surface area contributed by atoms with E-state index in [1.807, 2.05) is 0 Å². The van der Waals surface area contributed by atoms with Crippen molar-refractivity contribution in [1.29, 1.82) is 0 Å². The molecule has 0 aromatic heterocycles. The molecule has 0 unspecified atom stereocenters. The fourth-order valence-electron chi connectivity index (χ4n) is 14.2. The third kappa shape index (κ3) is 16.1. The van der Waals surface area contributed by atoms with Gasteiger partial charge in [0.05, 0.1) is 30.9 Å². The van der Waals surface area contributed by atoms with Gasteiger partial charge >= 0.3 is 10.4 Å². The number of thiocarbonyl (C=S) groups is 2. The van der Waals surface area contributed by atoms with Gasteiger partial charge in [0.15, 0.2) is 36.1 Å². The van der Waals surface area contributed by atoms with Crippen LogP contribution in [0.15, 0.2) is 23.8 Å². The summed E-state index contributed by atoms with van der Waals surface area (Å²) in [5.41, 5.74) is 30.5. The highest BCUT2D eigenvalue weighted by Crippen LogP contribution is 2.70. The first-order chi connectivity index (χ1) is 41.9. The number of Topliss-reactive ketones (excluding diaryl/α,β-unsaturated/α-hetero) is 1. The highest BCUT2D eigenvalue weighted by molar-refractivity contribution is 8.37. The van der Waals surface area contributed by atoms with Crippen molar-refractivity contribution >= 4 is 66.8 Å². The normalized spacial score (nSPS) is 43.7. The number of allylic oxidation sites excluding steroid dienone is 4. The minimum absolute atomic E-state index is 0.0676. The molecule has 90 heavy (non-hydrogen) atoms. The summed E-state index contributed by atoms with van der Waals surface area (Å²) in [6.45, 7) is 15.7. The lowest BCUT2D eigenvalue weighted by Gasteiger charge is -2.62. The number of halogens is 1. The average Bonchev–Trinajstić information content (AvgIpc) is 0.939. The predicted molar refractivity (Wildman–Crippen MR) is 331 cm³/mol. The van der Waals surface area contributed by atoms with Crippen LogP contribution >= 0.6 is 36.2 Å². The molecule has 35 heteroatoms. The Morgan fingerprint density at radius 2 is 1.19 bits per heavy atom. The number of aliphatic hydroxyl groups is 10.